The summed E-state index contributed by atoms with van der Waals surface area (Å²) in [5, 5.41) is 0.144. The molecule has 0 fully saturated rings. The first-order valence-electron chi connectivity index (χ1n) is 4.72. The van der Waals surface area contributed by atoms with Crippen molar-refractivity contribution in [3.05, 3.63) is 29.8 Å². The fourth-order valence-corrected chi connectivity index (χ4v) is 1.37. The Balaban J connectivity index is 2.72. The Morgan fingerprint density at radius 3 is 2.29 bits per heavy atom. The van der Waals surface area contributed by atoms with Crippen LogP contribution in [-0.2, 0) is 0 Å². The van der Waals surface area contributed by atoms with Gasteiger partial charge in [-0.2, -0.15) is 12.6 Å². The van der Waals surface area contributed by atoms with Crippen molar-refractivity contribution in [2.24, 2.45) is 0 Å². The van der Waals surface area contributed by atoms with Gasteiger partial charge in [0.25, 0.3) is 0 Å². The number of nitrogens with zero attached hydrogens (tertiary/aromatic N) is 1. The topological polar surface area (TPSA) is 12.5 Å². The molecule has 0 spiro atoms. The van der Waals surface area contributed by atoms with E-state index in [2.05, 4.69) is 17.5 Å². The Kier molecular flexibility index (Phi) is 4.29. The van der Waals surface area contributed by atoms with Crippen molar-refractivity contribution < 1.29 is 4.74 Å². The molecule has 3 heteroatoms. The van der Waals surface area contributed by atoms with Crippen LogP contribution in [0.4, 0.5) is 0 Å². The Labute approximate surface area is 91.3 Å². The zero-order valence-corrected chi connectivity index (χ0v) is 9.79. The largest absolute Gasteiger partial charge is 0.494 e. The quantitative estimate of drug-likeness (QED) is 0.607. The van der Waals surface area contributed by atoms with Gasteiger partial charge in [-0.3, -0.25) is 4.90 Å². The zero-order chi connectivity index (χ0) is 10.6. The molecule has 0 amide bonds. The molecule has 0 aliphatic heterocycles. The van der Waals surface area contributed by atoms with Gasteiger partial charge in [0.05, 0.1) is 12.0 Å². The fourth-order valence-electron chi connectivity index (χ4n) is 1.20. The highest BCUT2D eigenvalue weighted by atomic mass is 32.1. The molecule has 0 aliphatic carbocycles. The first kappa shape index (κ1) is 11.4. The van der Waals surface area contributed by atoms with E-state index in [-0.39, 0.29) is 5.37 Å². The molecule has 2 nitrogen and oxygen atoms in total. The average Bonchev–Trinajstić information content (AvgIpc) is 2.18. The predicted molar refractivity (Wildman–Crippen MR) is 63.0 cm³/mol. The second-order valence-electron chi connectivity index (χ2n) is 3.34. The van der Waals surface area contributed by atoms with Gasteiger partial charge in [-0.1, -0.05) is 12.1 Å². The van der Waals surface area contributed by atoms with Crippen molar-refractivity contribution >= 4 is 12.6 Å². The van der Waals surface area contributed by atoms with Crippen molar-refractivity contribution in [3.63, 3.8) is 0 Å². The van der Waals surface area contributed by atoms with Crippen LogP contribution >= 0.6 is 12.6 Å². The van der Waals surface area contributed by atoms with E-state index in [1.54, 1.807) is 0 Å². The number of hydrogen-bond acceptors (Lipinski definition) is 3. The van der Waals surface area contributed by atoms with Crippen LogP contribution in [0.3, 0.4) is 0 Å². The molecule has 0 saturated heterocycles. The SMILES string of the molecule is CCOc1ccc(C(S)N(C)C)cc1. The van der Waals surface area contributed by atoms with Crippen LogP contribution in [0.5, 0.6) is 5.75 Å². The molecule has 1 rings (SSSR count). The van der Waals surface area contributed by atoms with E-state index < -0.39 is 0 Å². The van der Waals surface area contributed by atoms with Gasteiger partial charge < -0.3 is 4.74 Å². The van der Waals surface area contributed by atoms with Crippen LogP contribution in [-0.4, -0.2) is 25.6 Å². The molecule has 0 aliphatic rings. The lowest BCUT2D eigenvalue weighted by Gasteiger charge is -2.19. The predicted octanol–water partition coefficient (Wildman–Crippen LogP) is 2.58. The van der Waals surface area contributed by atoms with Gasteiger partial charge in [0, 0.05) is 0 Å². The Morgan fingerprint density at radius 1 is 1.29 bits per heavy atom. The summed E-state index contributed by atoms with van der Waals surface area (Å²) in [5.74, 6) is 0.913. The molecule has 1 aromatic carbocycles. The molecule has 14 heavy (non-hydrogen) atoms. The van der Waals surface area contributed by atoms with Crippen LogP contribution in [0.15, 0.2) is 24.3 Å². The fraction of sp³-hybridized carbons (Fsp3) is 0.455. The zero-order valence-electron chi connectivity index (χ0n) is 8.90. The molecule has 0 bridgehead atoms. The maximum absolute atomic E-state index is 5.36. The Morgan fingerprint density at radius 2 is 1.86 bits per heavy atom. The van der Waals surface area contributed by atoms with Crippen molar-refractivity contribution in [3.8, 4) is 5.75 Å². The summed E-state index contributed by atoms with van der Waals surface area (Å²) >= 11 is 4.49. The van der Waals surface area contributed by atoms with Gasteiger partial charge in [-0.05, 0) is 38.7 Å². The number of hydrogen-bond donors (Lipinski definition) is 1. The molecule has 1 atom stereocenters. The summed E-state index contributed by atoms with van der Waals surface area (Å²) in [6.07, 6.45) is 0. The van der Waals surface area contributed by atoms with E-state index in [1.165, 1.54) is 5.56 Å². The molecule has 0 heterocycles. The van der Waals surface area contributed by atoms with Gasteiger partial charge in [-0.15, -0.1) is 0 Å². The highest BCUT2D eigenvalue weighted by molar-refractivity contribution is 7.80. The van der Waals surface area contributed by atoms with E-state index in [0.29, 0.717) is 6.61 Å². The third-order valence-corrected chi connectivity index (χ3v) is 2.74. The van der Waals surface area contributed by atoms with E-state index in [4.69, 9.17) is 4.74 Å². The Bertz CT molecular complexity index is 271. The maximum Gasteiger partial charge on any atom is 0.119 e. The smallest absolute Gasteiger partial charge is 0.119 e. The van der Waals surface area contributed by atoms with Crippen LogP contribution in [0.1, 0.15) is 17.9 Å². The summed E-state index contributed by atoms with van der Waals surface area (Å²) in [6.45, 7) is 2.69. The highest BCUT2D eigenvalue weighted by Crippen LogP contribution is 2.23. The molecule has 0 aromatic heterocycles. The van der Waals surface area contributed by atoms with Crippen molar-refractivity contribution in [1.29, 1.82) is 0 Å². The normalized spacial score (nSPS) is 12.9. The van der Waals surface area contributed by atoms with E-state index in [1.807, 2.05) is 45.3 Å². The van der Waals surface area contributed by atoms with Crippen LogP contribution < -0.4 is 4.74 Å². The van der Waals surface area contributed by atoms with Crippen LogP contribution in [0.25, 0.3) is 0 Å². The monoisotopic (exact) mass is 211 g/mol. The minimum Gasteiger partial charge on any atom is -0.494 e. The molecule has 0 N–H and O–H groups in total. The van der Waals surface area contributed by atoms with Gasteiger partial charge in [0.15, 0.2) is 0 Å². The van der Waals surface area contributed by atoms with Crippen LogP contribution in [0.2, 0.25) is 0 Å². The first-order chi connectivity index (χ1) is 6.65. The molecule has 1 unspecified atom stereocenters. The number of thiol groups is 1. The second-order valence-corrected chi connectivity index (χ2v) is 3.83. The molecule has 0 saturated carbocycles. The summed E-state index contributed by atoms with van der Waals surface area (Å²) in [4.78, 5) is 2.05. The Hall–Kier alpha value is -0.670. The standard InChI is InChI=1S/C11H17NOS/c1-4-13-10-7-5-9(6-8-10)11(14)12(2)3/h5-8,11,14H,4H2,1-3H3. The molecule has 78 valence electrons. The van der Waals surface area contributed by atoms with Gasteiger partial charge in [0.2, 0.25) is 0 Å². The average molecular weight is 211 g/mol. The molecular weight excluding hydrogens is 194 g/mol. The highest BCUT2D eigenvalue weighted by Gasteiger charge is 2.07. The number of rotatable bonds is 4. The summed E-state index contributed by atoms with van der Waals surface area (Å²) < 4.78 is 5.36. The molecular formula is C11H17NOS. The summed E-state index contributed by atoms with van der Waals surface area (Å²) in [7, 11) is 4.02. The minimum absolute atomic E-state index is 0.144. The van der Waals surface area contributed by atoms with Crippen molar-refractivity contribution in [2.75, 3.05) is 20.7 Å². The third kappa shape index (κ3) is 2.93. The minimum atomic E-state index is 0.144. The van der Waals surface area contributed by atoms with Gasteiger partial charge in [-0.25, -0.2) is 0 Å². The van der Waals surface area contributed by atoms with Crippen molar-refractivity contribution in [1.82, 2.24) is 4.90 Å². The maximum atomic E-state index is 5.36. The van der Waals surface area contributed by atoms with Crippen LogP contribution in [0, 0.1) is 0 Å². The van der Waals surface area contributed by atoms with Gasteiger partial charge in [0.1, 0.15) is 5.75 Å². The number of benzene rings is 1. The van der Waals surface area contributed by atoms with Crippen molar-refractivity contribution in [2.45, 2.75) is 12.3 Å². The first-order valence-corrected chi connectivity index (χ1v) is 5.24. The second kappa shape index (κ2) is 5.27. The van der Waals surface area contributed by atoms with E-state index in [9.17, 15) is 0 Å². The van der Waals surface area contributed by atoms with Gasteiger partial charge >= 0.3 is 0 Å². The molecule has 0 radical (unpaired) electrons. The van der Waals surface area contributed by atoms with E-state index in [0.717, 1.165) is 5.75 Å². The lowest BCUT2D eigenvalue weighted by molar-refractivity contribution is 0.339. The summed E-state index contributed by atoms with van der Waals surface area (Å²) in [6, 6.07) is 8.04. The lowest BCUT2D eigenvalue weighted by atomic mass is 10.2. The van der Waals surface area contributed by atoms with E-state index >= 15 is 0 Å². The lowest BCUT2D eigenvalue weighted by Crippen LogP contribution is -2.14. The third-order valence-electron chi connectivity index (χ3n) is 1.98. The summed E-state index contributed by atoms with van der Waals surface area (Å²) in [5.41, 5.74) is 1.18. The number of ether oxygens (including phenoxy) is 1. The molecule has 1 aromatic rings.